The molecule has 6 heterocycles. The number of carboxylic acid groups (broad SMARTS) is 1. The number of carboxylic acids is 1. The number of aromatic amines is 2. The topological polar surface area (TPSA) is 571 Å². The second kappa shape index (κ2) is 46.1. The van der Waals surface area contributed by atoms with Crippen LogP contribution in [0.25, 0.3) is 21.8 Å². The molecule has 4 aliphatic heterocycles. The molecular formula is C86H119N19O20S. The van der Waals surface area contributed by atoms with Crippen molar-refractivity contribution in [1.29, 1.82) is 0 Å². The number of phenols is 1. The van der Waals surface area contributed by atoms with Crippen LogP contribution < -0.4 is 64.6 Å². The lowest BCUT2D eigenvalue weighted by molar-refractivity contribution is -0.149. The van der Waals surface area contributed by atoms with E-state index in [4.69, 9.17) is 11.5 Å². The van der Waals surface area contributed by atoms with Gasteiger partial charge in [0, 0.05) is 99.5 Å². The molecule has 684 valence electrons. The van der Waals surface area contributed by atoms with Crippen LogP contribution >= 0.6 is 11.8 Å². The smallest absolute Gasteiger partial charge is 0.305 e. The molecule has 16 amide bonds. The fourth-order valence-electron chi connectivity index (χ4n) is 16.4. The number of H-pyrrole nitrogens is 2. The standard InChI is InChI=1S/C86H119N19O20S/c1-8-10-23-65-78(117)92-48(5)73(112)100-64(74(113)91-43-70(88)108)45-126-46-71(109)93-59(36-49-28-30-52(107)31-29-49)84(123)104-33-17-26-67(104)80(119)97-61(39-72(110)111)85(124)105-34-18-27-68(105)81(120)98-62(40-87)76(115)95-58(35-47(3)4)83(122)103-32-16-25-66(103)79(118)94-57(37-50-41-89-55-21-14-12-19-53(50)55)75(114)99-63(44-106)77(116)96-60(38-51-42-90-56-22-15-13-20-54(51)56)82(121)102(7)69(24-11-9-2)86(125)101(65)6/h12-15,19-22,28-31,41-42,47-48,57-69,89-90,106-107H,8-11,16-18,23-27,32-40,43-46,87H2,1-7H3,(H2,88,108)(H,91,113)(H,92,117)(H,93,109)(H,94,118)(H,95,115)(H,96,116)(H,97,119)(H,98,120)(H,99,114)(H,100,112)(H,110,111)/t48-,57-,58-,59-,60-,61-,62-,63-,64-,65-,66-,67-,68-,69-/m0/s1. The molecule has 126 heavy (non-hydrogen) atoms. The minimum Gasteiger partial charge on any atom is -0.508 e. The summed E-state index contributed by atoms with van der Waals surface area (Å²) >= 11 is 0.796. The molecule has 0 radical (unpaired) electrons. The number of nitrogens with one attached hydrogen (secondary N) is 12. The van der Waals surface area contributed by atoms with E-state index in [0.717, 1.165) is 26.5 Å². The van der Waals surface area contributed by atoms with E-state index in [0.29, 0.717) is 64.2 Å². The highest BCUT2D eigenvalue weighted by Gasteiger charge is 2.46. The first-order valence-electron chi connectivity index (χ1n) is 42.9. The van der Waals surface area contributed by atoms with Crippen molar-refractivity contribution in [3.63, 3.8) is 0 Å². The third-order valence-electron chi connectivity index (χ3n) is 23.2. The molecule has 0 bridgehead atoms. The number of nitrogens with two attached hydrogens (primary N) is 2. The Hall–Kier alpha value is -12.2. The zero-order valence-corrected chi connectivity index (χ0v) is 72.8. The van der Waals surface area contributed by atoms with Gasteiger partial charge in [0.05, 0.1) is 25.3 Å². The van der Waals surface area contributed by atoms with Crippen LogP contribution in [0.3, 0.4) is 0 Å². The Balaban J connectivity index is 1.06. The van der Waals surface area contributed by atoms with Crippen molar-refractivity contribution in [3.8, 4) is 5.75 Å². The summed E-state index contributed by atoms with van der Waals surface area (Å²) in [6, 6.07) is -0.827. The number of nitrogens with zero attached hydrogens (tertiary/aromatic N) is 5. The number of aromatic nitrogens is 2. The second-order valence-electron chi connectivity index (χ2n) is 32.9. The first-order chi connectivity index (χ1) is 60.1. The van der Waals surface area contributed by atoms with Gasteiger partial charge in [-0.15, -0.1) is 11.8 Å². The predicted octanol–water partition coefficient (Wildman–Crippen LogP) is -1.41. The molecule has 4 fully saturated rings. The predicted molar refractivity (Wildman–Crippen MR) is 463 cm³/mol. The summed E-state index contributed by atoms with van der Waals surface area (Å²) in [6.07, 6.45) is 4.22. The van der Waals surface area contributed by atoms with E-state index in [1.165, 1.54) is 55.1 Å². The first-order valence-corrected chi connectivity index (χ1v) is 44.0. The van der Waals surface area contributed by atoms with Crippen LogP contribution in [0.2, 0.25) is 0 Å². The molecule has 4 saturated heterocycles. The Morgan fingerprint density at radius 3 is 1.51 bits per heavy atom. The zero-order valence-electron chi connectivity index (χ0n) is 72.0. The SMILES string of the molecule is CCCC[C@H]1C(=O)N(C)[C@@H](CCCC)C(=O)N[C@@H](C)C(=O)N[C@H](C(=O)NCC(N)=O)CSCC(=O)N[C@@H](Cc2ccc(O)cc2)C(=O)N2CCC[C@H]2C(=O)N[C@@H](CC(=O)O)C(=O)N2CCC[C@H]2C(=O)N[C@@H](CN)C(=O)N[C@@H](CC(C)C)C(=O)N2CCC[C@H]2C(=O)N[C@@H](Cc2c[nH]c3ccccc23)C(=O)N[C@@H](CO)C(=O)N[C@@H](Cc2c[nH]c3ccccc23)C(=O)N1C. The van der Waals surface area contributed by atoms with Gasteiger partial charge in [0.2, 0.25) is 94.5 Å². The van der Waals surface area contributed by atoms with Crippen LogP contribution in [0.15, 0.2) is 85.2 Å². The van der Waals surface area contributed by atoms with Crippen LogP contribution in [-0.4, -0.2) is 300 Å². The van der Waals surface area contributed by atoms with Gasteiger partial charge in [-0.2, -0.15) is 0 Å². The molecular weight excluding hydrogens is 1650 g/mol. The Bertz CT molecular complexity index is 4770. The molecule has 0 saturated carbocycles. The number of thioether (sulfide) groups is 1. The van der Waals surface area contributed by atoms with E-state index >= 15 is 28.8 Å². The van der Waals surface area contributed by atoms with Gasteiger partial charge >= 0.3 is 5.97 Å². The van der Waals surface area contributed by atoms with Gasteiger partial charge in [0.25, 0.3) is 0 Å². The normalized spacial score (nSPS) is 25.6. The Morgan fingerprint density at radius 2 is 0.984 bits per heavy atom. The summed E-state index contributed by atoms with van der Waals surface area (Å²) in [6.45, 7) is 6.10. The number of carbonyl (C=O) groups is 17. The number of hydrogen-bond donors (Lipinski definition) is 17. The Kier molecular flexibility index (Phi) is 35.7. The number of amides is 16. The van der Waals surface area contributed by atoms with Gasteiger partial charge in [-0.3, -0.25) is 81.5 Å². The molecule has 19 N–H and O–H groups in total. The van der Waals surface area contributed by atoms with Crippen molar-refractivity contribution >= 4 is 134 Å². The highest BCUT2D eigenvalue weighted by molar-refractivity contribution is 8.00. The average Bonchev–Trinajstić information content (AvgIpc) is 1.57. The van der Waals surface area contributed by atoms with Crippen LogP contribution in [-0.2, 0) is 101 Å². The van der Waals surface area contributed by atoms with Gasteiger partial charge in [0.1, 0.15) is 90.3 Å². The number of fused-ring (bicyclic) bond motifs is 5. The third kappa shape index (κ3) is 25.8. The van der Waals surface area contributed by atoms with E-state index in [1.54, 1.807) is 74.8 Å². The number of para-hydroxylation sites is 2. The number of aliphatic carboxylic acids is 1. The Labute approximate surface area is 733 Å². The van der Waals surface area contributed by atoms with Crippen LogP contribution in [0.5, 0.6) is 5.75 Å². The first kappa shape index (κ1) is 97.6. The molecule has 0 spiro atoms. The molecule has 3 aromatic carbocycles. The quantitative estimate of drug-likeness (QED) is 0.0401. The Morgan fingerprint density at radius 1 is 0.524 bits per heavy atom. The average molecular weight is 1770 g/mol. The summed E-state index contributed by atoms with van der Waals surface area (Å²) in [4.78, 5) is 258. The van der Waals surface area contributed by atoms with Gasteiger partial charge in [0.15, 0.2) is 0 Å². The third-order valence-corrected chi connectivity index (χ3v) is 24.2. The number of benzene rings is 3. The molecule has 5 aromatic rings. The van der Waals surface area contributed by atoms with Crippen molar-refractivity contribution in [2.24, 2.45) is 17.4 Å². The summed E-state index contributed by atoms with van der Waals surface area (Å²) in [7, 11) is 2.73. The van der Waals surface area contributed by atoms with E-state index in [-0.39, 0.29) is 114 Å². The van der Waals surface area contributed by atoms with Gasteiger partial charge < -0.3 is 114 Å². The largest absolute Gasteiger partial charge is 0.508 e. The highest BCUT2D eigenvalue weighted by atomic mass is 32.2. The molecule has 0 unspecified atom stereocenters. The van der Waals surface area contributed by atoms with Crippen molar-refractivity contribution < 1.29 is 96.8 Å². The number of phenolic OH excluding ortho intramolecular Hbond substituents is 1. The summed E-state index contributed by atoms with van der Waals surface area (Å²) in [5.41, 5.74) is 14.4. The zero-order chi connectivity index (χ0) is 91.8. The van der Waals surface area contributed by atoms with Gasteiger partial charge in [-0.1, -0.05) is 102 Å². The molecule has 0 aliphatic carbocycles. The van der Waals surface area contributed by atoms with Crippen molar-refractivity contribution in [1.82, 2.24) is 87.6 Å². The molecule has 2 aromatic heterocycles. The number of hydrogen-bond acceptors (Lipinski definition) is 21. The monoisotopic (exact) mass is 1770 g/mol. The molecule has 4 aliphatic rings. The number of aromatic hydroxyl groups is 1. The van der Waals surface area contributed by atoms with E-state index in [2.05, 4.69) is 63.1 Å². The number of carbonyl (C=O) groups excluding carboxylic acids is 16. The van der Waals surface area contributed by atoms with E-state index < -0.39 is 217 Å². The lowest BCUT2D eigenvalue weighted by atomic mass is 10.00. The number of rotatable bonds is 21. The van der Waals surface area contributed by atoms with E-state index in [1.807, 2.05) is 13.8 Å². The number of aliphatic hydroxyl groups excluding tert-OH is 1. The summed E-state index contributed by atoms with van der Waals surface area (Å²) in [5.74, 6) is -17.0. The minimum absolute atomic E-state index is 0.00131. The summed E-state index contributed by atoms with van der Waals surface area (Å²) in [5, 5.41) is 59.1. The minimum atomic E-state index is -1.84. The highest BCUT2D eigenvalue weighted by Crippen LogP contribution is 2.29. The van der Waals surface area contributed by atoms with E-state index in [9.17, 15) is 68.1 Å². The lowest BCUT2D eigenvalue weighted by Gasteiger charge is -2.36. The second-order valence-corrected chi connectivity index (χ2v) is 33.9. The maximum absolute atomic E-state index is 15.6. The number of likely N-dealkylation sites (N-methyl/N-ethyl adjacent to an activating group) is 2. The lowest BCUT2D eigenvalue weighted by Crippen LogP contribution is -2.62. The fourth-order valence-corrected chi connectivity index (χ4v) is 17.2. The fraction of sp³-hybridized carbons (Fsp3) is 0.547. The number of unbranched alkanes of at least 4 members (excludes halogenated alkanes) is 2. The number of primary amides is 1. The van der Waals surface area contributed by atoms with Gasteiger partial charge in [-0.25, -0.2) is 0 Å². The molecule has 40 heteroatoms. The van der Waals surface area contributed by atoms with Crippen LogP contribution in [0.1, 0.15) is 141 Å². The summed E-state index contributed by atoms with van der Waals surface area (Å²) < 4.78 is 0. The molecule has 14 atom stereocenters. The van der Waals surface area contributed by atoms with Crippen molar-refractivity contribution in [3.05, 3.63) is 102 Å². The molecule has 9 rings (SSSR count). The van der Waals surface area contributed by atoms with Crippen LogP contribution in [0.4, 0.5) is 0 Å². The maximum Gasteiger partial charge on any atom is 0.305 e. The number of aliphatic hydroxyl groups is 1. The van der Waals surface area contributed by atoms with Crippen molar-refractivity contribution in [2.75, 3.05) is 64.9 Å². The maximum atomic E-state index is 15.6. The van der Waals surface area contributed by atoms with Gasteiger partial charge in [-0.05, 0) is 112 Å². The van der Waals surface area contributed by atoms with Crippen molar-refractivity contribution in [2.45, 2.75) is 228 Å². The van der Waals surface area contributed by atoms with Crippen LogP contribution in [0, 0.1) is 5.92 Å². The molecule has 39 nitrogen and oxygen atoms in total.